The van der Waals surface area contributed by atoms with E-state index in [-0.39, 0.29) is 6.10 Å². The summed E-state index contributed by atoms with van der Waals surface area (Å²) >= 11 is 1.09. The number of hydrogen-bond donors (Lipinski definition) is 3. The van der Waals surface area contributed by atoms with E-state index >= 15 is 0 Å². The summed E-state index contributed by atoms with van der Waals surface area (Å²) in [6.07, 6.45) is 4.60. The van der Waals surface area contributed by atoms with Crippen LogP contribution in [0.15, 0.2) is 54.6 Å². The van der Waals surface area contributed by atoms with Crippen LogP contribution in [0.3, 0.4) is 0 Å². The maximum absolute atomic E-state index is 9.85. The zero-order valence-corrected chi connectivity index (χ0v) is 20.6. The molecule has 1 aliphatic carbocycles. The van der Waals surface area contributed by atoms with Gasteiger partial charge in [-0.15, -0.1) is 0 Å². The van der Waals surface area contributed by atoms with Crippen LogP contribution in [-0.2, 0) is 6.42 Å². The Morgan fingerprint density at radius 1 is 1.00 bits per heavy atom. The van der Waals surface area contributed by atoms with Crippen molar-refractivity contribution in [2.45, 2.75) is 42.9 Å². The van der Waals surface area contributed by atoms with Crippen LogP contribution in [0.2, 0.25) is 4.71 Å². The van der Waals surface area contributed by atoms with E-state index < -0.39 is 15.8 Å². The molecule has 0 radical (unpaired) electrons. The van der Waals surface area contributed by atoms with Crippen LogP contribution in [0.1, 0.15) is 36.9 Å². The third-order valence-corrected chi connectivity index (χ3v) is 9.70. The van der Waals surface area contributed by atoms with Crippen molar-refractivity contribution < 1.29 is 5.11 Å². The van der Waals surface area contributed by atoms with Gasteiger partial charge in [0.05, 0.1) is 0 Å². The number of aromatic nitrogens is 3. The molecule has 8 heteroatoms. The van der Waals surface area contributed by atoms with E-state index in [2.05, 4.69) is 29.6 Å². The van der Waals surface area contributed by atoms with Gasteiger partial charge in [0.1, 0.15) is 0 Å². The molecule has 1 saturated carbocycles. The maximum atomic E-state index is 9.85. The Labute approximate surface area is 198 Å². The van der Waals surface area contributed by atoms with Crippen LogP contribution in [0.25, 0.3) is 10.2 Å². The Morgan fingerprint density at radius 3 is 2.62 bits per heavy atom. The number of rotatable bonds is 6. The number of hydrogen-bond acceptors (Lipinski definition) is 7. The molecule has 1 fully saturated rings. The van der Waals surface area contributed by atoms with Crippen molar-refractivity contribution in [2.24, 2.45) is 0 Å². The first-order valence-corrected chi connectivity index (χ1v) is 14.0. The van der Waals surface area contributed by atoms with Crippen LogP contribution in [0, 0.1) is 0 Å². The van der Waals surface area contributed by atoms with Gasteiger partial charge in [-0.2, -0.15) is 0 Å². The van der Waals surface area contributed by atoms with E-state index in [1.807, 2.05) is 30.3 Å². The Hall–Kier alpha value is -2.47. The monoisotopic (exact) mass is 507 g/mol. The predicted octanol–water partition coefficient (Wildman–Crippen LogP) is 3.79. The molecule has 1 atom stereocenters. The first-order chi connectivity index (χ1) is 15.6. The molecule has 6 nitrogen and oxygen atoms in total. The molecular formula is C24H26AsN5OS. The molecule has 2 aromatic carbocycles. The average molecular weight is 507 g/mol. The normalized spacial score (nSPS) is 19.0. The number of anilines is 3. The topological polar surface area (TPSA) is 97.0 Å². The second-order valence-electron chi connectivity index (χ2n) is 8.25. The Balaban J connectivity index is 1.42. The molecule has 4 aromatic rings. The van der Waals surface area contributed by atoms with Crippen LogP contribution in [0.5, 0.6) is 0 Å². The minimum atomic E-state index is -0.490. The second kappa shape index (κ2) is 9.57. The van der Waals surface area contributed by atoms with Gasteiger partial charge in [-0.3, -0.25) is 0 Å². The van der Waals surface area contributed by atoms with E-state index in [1.165, 1.54) is 5.56 Å². The molecule has 1 aliphatic rings. The molecular weight excluding hydrogens is 481 g/mol. The van der Waals surface area contributed by atoms with Crippen molar-refractivity contribution in [3.05, 3.63) is 65.9 Å². The van der Waals surface area contributed by atoms with Gasteiger partial charge in [-0.25, -0.2) is 0 Å². The van der Waals surface area contributed by atoms with Crippen molar-refractivity contribution in [1.82, 2.24) is 15.0 Å². The van der Waals surface area contributed by atoms with E-state index in [0.29, 0.717) is 4.71 Å². The minimum absolute atomic E-state index is 0.131. The summed E-state index contributed by atoms with van der Waals surface area (Å²) in [7, 11) is 0. The standard InChI is InChI=1S/C24H26AsN5OS/c26-17-8-11-20-21(13-17)32-24(28-20)30-22-14-18(12-15-4-2-1-3-5-15)27-23(29-22)25-16-6-9-19(31)10-7-16/h1-5,8,11,13-14,16,19,25,31H,6-7,9-10,12,26H2,(H,27,28,29,30)/t16-,19-. The molecule has 0 aliphatic heterocycles. The summed E-state index contributed by atoms with van der Waals surface area (Å²) in [6, 6.07) is 18.2. The van der Waals surface area contributed by atoms with Crippen molar-refractivity contribution in [3.63, 3.8) is 0 Å². The van der Waals surface area contributed by atoms with Gasteiger partial charge in [0, 0.05) is 0 Å². The van der Waals surface area contributed by atoms with Crippen LogP contribution in [-0.4, -0.2) is 41.9 Å². The molecule has 4 N–H and O–H groups in total. The van der Waals surface area contributed by atoms with Crippen molar-refractivity contribution in [3.8, 4) is 0 Å². The SMILES string of the molecule is Nc1ccc2nc(Nc3cc(Cc4ccccc4)nc([AsH][C@H]4CC[C@H](O)CC4)n3)sc2c1. The number of fused-ring (bicyclic) bond motifs is 1. The third-order valence-electron chi connectivity index (χ3n) is 5.68. The molecule has 0 amide bonds. The molecule has 1 unspecified atom stereocenters. The van der Waals surface area contributed by atoms with Crippen LogP contribution in [0.4, 0.5) is 16.6 Å². The van der Waals surface area contributed by atoms with Gasteiger partial charge in [-0.05, 0) is 0 Å². The Bertz CT molecular complexity index is 1210. The van der Waals surface area contributed by atoms with Gasteiger partial charge >= 0.3 is 198 Å². The van der Waals surface area contributed by atoms with Crippen LogP contribution >= 0.6 is 11.3 Å². The first-order valence-electron chi connectivity index (χ1n) is 10.9. The van der Waals surface area contributed by atoms with E-state index in [0.717, 1.165) is 69.3 Å². The zero-order chi connectivity index (χ0) is 21.9. The van der Waals surface area contributed by atoms with Gasteiger partial charge in [0.15, 0.2) is 0 Å². The fourth-order valence-electron chi connectivity index (χ4n) is 4.03. The van der Waals surface area contributed by atoms with Gasteiger partial charge < -0.3 is 0 Å². The zero-order valence-electron chi connectivity index (χ0n) is 17.7. The Kier molecular flexibility index (Phi) is 6.39. The average Bonchev–Trinajstić information content (AvgIpc) is 3.17. The molecule has 32 heavy (non-hydrogen) atoms. The molecule has 5 rings (SSSR count). The van der Waals surface area contributed by atoms with Gasteiger partial charge in [0.2, 0.25) is 0 Å². The molecule has 0 bridgehead atoms. The number of thiazole rings is 1. The Morgan fingerprint density at radius 2 is 1.81 bits per heavy atom. The third kappa shape index (κ3) is 5.29. The number of nitrogens with two attached hydrogens (primary N) is 1. The first kappa shape index (κ1) is 21.4. The predicted molar refractivity (Wildman–Crippen MR) is 134 cm³/mol. The number of nitrogen functional groups attached to an aromatic ring is 1. The summed E-state index contributed by atoms with van der Waals surface area (Å²) in [5.74, 6) is 0.799. The molecule has 0 saturated heterocycles. The number of aliphatic hydroxyl groups is 1. The second-order valence-corrected chi connectivity index (χ2v) is 12.5. The van der Waals surface area contributed by atoms with Crippen LogP contribution < -0.4 is 15.7 Å². The van der Waals surface area contributed by atoms with Gasteiger partial charge in [-0.1, -0.05) is 0 Å². The molecule has 2 aromatic heterocycles. The van der Waals surface area contributed by atoms with E-state index in [4.69, 9.17) is 20.7 Å². The fourth-order valence-corrected chi connectivity index (χ4v) is 7.85. The van der Waals surface area contributed by atoms with Crippen molar-refractivity contribution in [2.75, 3.05) is 11.1 Å². The summed E-state index contributed by atoms with van der Waals surface area (Å²) in [6.45, 7) is 0. The molecule has 2 heterocycles. The van der Waals surface area contributed by atoms with E-state index in [9.17, 15) is 5.11 Å². The number of benzene rings is 2. The van der Waals surface area contributed by atoms with Crippen molar-refractivity contribution >= 4 is 58.6 Å². The number of nitrogens with one attached hydrogen (secondary N) is 1. The number of aliphatic hydroxyl groups excluding tert-OH is 1. The number of nitrogens with zero attached hydrogens (tertiary/aromatic N) is 3. The molecule has 164 valence electrons. The van der Waals surface area contributed by atoms with E-state index in [1.54, 1.807) is 11.3 Å². The summed E-state index contributed by atoms with van der Waals surface area (Å²) < 4.78 is 2.68. The molecule has 0 spiro atoms. The summed E-state index contributed by atoms with van der Waals surface area (Å²) in [5, 5.41) is 14.1. The van der Waals surface area contributed by atoms with Gasteiger partial charge in [0.25, 0.3) is 0 Å². The summed E-state index contributed by atoms with van der Waals surface area (Å²) in [5.41, 5.74) is 9.85. The summed E-state index contributed by atoms with van der Waals surface area (Å²) in [4.78, 5) is 14.5. The van der Waals surface area contributed by atoms with Crippen molar-refractivity contribution in [1.29, 1.82) is 0 Å². The fraction of sp³-hybridized carbons (Fsp3) is 0.292. The quantitative estimate of drug-likeness (QED) is 0.272.